The highest BCUT2D eigenvalue weighted by molar-refractivity contribution is 6.29. The molecule has 0 aliphatic carbocycles. The Kier molecular flexibility index (Phi) is 5.24. The lowest BCUT2D eigenvalue weighted by molar-refractivity contribution is -0.898. The Morgan fingerprint density at radius 1 is 1.23 bits per heavy atom. The van der Waals surface area contributed by atoms with E-state index in [1.54, 1.807) is 18.9 Å². The van der Waals surface area contributed by atoms with Crippen LogP contribution in [-0.2, 0) is 20.6 Å². The minimum absolute atomic E-state index is 0.333. The molecule has 1 fully saturated rings. The molecule has 8 nitrogen and oxygen atoms in total. The van der Waals surface area contributed by atoms with E-state index in [4.69, 9.17) is 11.6 Å². The molecule has 1 saturated heterocycles. The minimum atomic E-state index is -0.372. The predicted octanol–water partition coefficient (Wildman–Crippen LogP) is -0.699. The maximum atomic E-state index is 12.8. The smallest absolute Gasteiger partial charge is 0.332 e. The number of nitrogens with one attached hydrogen (secondary N) is 1. The monoisotopic (exact) mass is 381 g/mol. The topological polar surface area (TPSA) is 69.5 Å². The number of hydrogen-bond donors (Lipinski definition) is 1. The van der Waals surface area contributed by atoms with Crippen LogP contribution in [0.4, 0.5) is 5.95 Å². The van der Waals surface area contributed by atoms with Gasteiger partial charge in [0.15, 0.2) is 11.2 Å². The average molecular weight is 382 g/mol. The van der Waals surface area contributed by atoms with E-state index < -0.39 is 0 Å². The lowest BCUT2D eigenvalue weighted by Crippen LogP contribution is -3.14. The number of imidazole rings is 1. The van der Waals surface area contributed by atoms with Crippen LogP contribution in [0, 0.1) is 0 Å². The van der Waals surface area contributed by atoms with Crippen molar-refractivity contribution < 1.29 is 4.90 Å². The van der Waals surface area contributed by atoms with Crippen LogP contribution in [0.1, 0.15) is 13.8 Å². The molecule has 2 aromatic rings. The number of aromatic nitrogens is 4. The number of aryl methyl sites for hydroxylation is 1. The second-order valence-corrected chi connectivity index (χ2v) is 7.38. The zero-order valence-electron chi connectivity index (χ0n) is 15.8. The molecule has 9 heteroatoms. The van der Waals surface area contributed by atoms with Crippen molar-refractivity contribution in [1.82, 2.24) is 18.7 Å². The number of quaternary nitrogens is 1. The van der Waals surface area contributed by atoms with E-state index in [9.17, 15) is 9.59 Å². The SMILES string of the molecule is CC[NH+]1CCN(c2nc3c(c(=O)n(C)c(=O)n3C)n2C/C=C(\C)Cl)CC1. The van der Waals surface area contributed by atoms with Gasteiger partial charge in [0.25, 0.3) is 5.56 Å². The van der Waals surface area contributed by atoms with Crippen molar-refractivity contribution in [3.63, 3.8) is 0 Å². The number of likely N-dealkylation sites (N-methyl/N-ethyl adjacent to an activating group) is 1. The second kappa shape index (κ2) is 7.28. The predicted molar refractivity (Wildman–Crippen MR) is 103 cm³/mol. The van der Waals surface area contributed by atoms with Crippen LogP contribution in [0.5, 0.6) is 0 Å². The molecular weight excluding hydrogens is 356 g/mol. The number of halogens is 1. The van der Waals surface area contributed by atoms with Gasteiger partial charge in [0.1, 0.15) is 0 Å². The van der Waals surface area contributed by atoms with E-state index in [-0.39, 0.29) is 11.2 Å². The van der Waals surface area contributed by atoms with Crippen LogP contribution in [0.3, 0.4) is 0 Å². The number of piperazine rings is 1. The van der Waals surface area contributed by atoms with Crippen molar-refractivity contribution in [2.75, 3.05) is 37.6 Å². The minimum Gasteiger partial charge on any atom is -0.332 e. The van der Waals surface area contributed by atoms with Crippen molar-refractivity contribution in [1.29, 1.82) is 0 Å². The first kappa shape index (κ1) is 18.7. The molecule has 0 unspecified atom stereocenters. The summed E-state index contributed by atoms with van der Waals surface area (Å²) in [7, 11) is 3.14. The fourth-order valence-electron chi connectivity index (χ4n) is 3.44. The summed E-state index contributed by atoms with van der Waals surface area (Å²) >= 11 is 6.02. The quantitative estimate of drug-likeness (QED) is 0.760. The Bertz CT molecular complexity index is 958. The molecule has 142 valence electrons. The molecule has 3 rings (SSSR count). The summed E-state index contributed by atoms with van der Waals surface area (Å²) in [6, 6.07) is 0. The lowest BCUT2D eigenvalue weighted by Gasteiger charge is -2.32. The molecule has 3 heterocycles. The Morgan fingerprint density at radius 3 is 2.46 bits per heavy atom. The number of allylic oxidation sites excluding steroid dienone is 2. The van der Waals surface area contributed by atoms with Gasteiger partial charge in [-0.25, -0.2) is 4.79 Å². The zero-order chi connectivity index (χ0) is 19.0. The highest BCUT2D eigenvalue weighted by Gasteiger charge is 2.26. The van der Waals surface area contributed by atoms with Crippen LogP contribution < -0.4 is 21.0 Å². The van der Waals surface area contributed by atoms with Crippen LogP contribution in [0.15, 0.2) is 20.7 Å². The van der Waals surface area contributed by atoms with E-state index in [2.05, 4.69) is 16.8 Å². The van der Waals surface area contributed by atoms with Crippen LogP contribution in [0.25, 0.3) is 11.2 Å². The van der Waals surface area contributed by atoms with Gasteiger partial charge in [-0.15, -0.1) is 0 Å². The van der Waals surface area contributed by atoms with Crippen LogP contribution in [0.2, 0.25) is 0 Å². The maximum absolute atomic E-state index is 12.8. The van der Waals surface area contributed by atoms with E-state index in [0.29, 0.717) is 22.7 Å². The Labute approximate surface area is 156 Å². The fraction of sp³-hybridized carbons (Fsp3) is 0.588. The van der Waals surface area contributed by atoms with Crippen molar-refractivity contribution in [2.45, 2.75) is 20.4 Å². The first-order valence-electron chi connectivity index (χ1n) is 8.92. The third kappa shape index (κ3) is 3.19. The number of hydrogen-bond acceptors (Lipinski definition) is 4. The Morgan fingerprint density at radius 2 is 1.88 bits per heavy atom. The number of anilines is 1. The largest absolute Gasteiger partial charge is 0.332 e. The van der Waals surface area contributed by atoms with Gasteiger partial charge in [-0.3, -0.25) is 13.9 Å². The molecule has 0 radical (unpaired) electrons. The fourth-order valence-corrected chi connectivity index (χ4v) is 3.51. The van der Waals surface area contributed by atoms with Gasteiger partial charge in [0.2, 0.25) is 5.95 Å². The Hall–Kier alpha value is -2.06. The number of rotatable bonds is 4. The molecule has 0 saturated carbocycles. The average Bonchev–Trinajstić information content (AvgIpc) is 3.02. The zero-order valence-corrected chi connectivity index (χ0v) is 16.5. The molecule has 0 atom stereocenters. The summed E-state index contributed by atoms with van der Waals surface area (Å²) in [5.74, 6) is 0.725. The van der Waals surface area contributed by atoms with Crippen molar-refractivity contribution in [2.24, 2.45) is 14.1 Å². The van der Waals surface area contributed by atoms with Crippen molar-refractivity contribution in [3.8, 4) is 0 Å². The van der Waals surface area contributed by atoms with Gasteiger partial charge in [0.05, 0.1) is 32.7 Å². The Balaban J connectivity index is 2.19. The molecule has 26 heavy (non-hydrogen) atoms. The van der Waals surface area contributed by atoms with E-state index in [0.717, 1.165) is 43.2 Å². The van der Waals surface area contributed by atoms with Gasteiger partial charge < -0.3 is 14.4 Å². The lowest BCUT2D eigenvalue weighted by atomic mass is 10.3. The van der Waals surface area contributed by atoms with Gasteiger partial charge in [-0.05, 0) is 13.8 Å². The van der Waals surface area contributed by atoms with Crippen molar-refractivity contribution in [3.05, 3.63) is 31.9 Å². The summed E-state index contributed by atoms with van der Waals surface area (Å²) in [5, 5.41) is 0.652. The summed E-state index contributed by atoms with van der Waals surface area (Å²) in [6.45, 7) is 9.32. The first-order chi connectivity index (χ1) is 12.3. The van der Waals surface area contributed by atoms with Crippen LogP contribution in [-0.4, -0.2) is 51.4 Å². The molecule has 1 aliphatic rings. The summed E-state index contributed by atoms with van der Waals surface area (Å²) < 4.78 is 4.43. The number of fused-ring (bicyclic) bond motifs is 1. The normalized spacial score (nSPS) is 16.7. The molecule has 0 bridgehead atoms. The highest BCUT2D eigenvalue weighted by Crippen LogP contribution is 2.20. The van der Waals surface area contributed by atoms with Gasteiger partial charge in [-0.2, -0.15) is 4.98 Å². The number of nitrogens with zero attached hydrogens (tertiary/aromatic N) is 5. The van der Waals surface area contributed by atoms with E-state index in [1.165, 1.54) is 11.6 Å². The molecule has 1 N–H and O–H groups in total. The van der Waals surface area contributed by atoms with Gasteiger partial charge in [0, 0.05) is 25.7 Å². The molecule has 1 aliphatic heterocycles. The molecule has 0 spiro atoms. The van der Waals surface area contributed by atoms with E-state index >= 15 is 0 Å². The van der Waals surface area contributed by atoms with Crippen molar-refractivity contribution >= 4 is 28.7 Å². The van der Waals surface area contributed by atoms with Crippen LogP contribution >= 0.6 is 11.6 Å². The molecule has 0 aromatic carbocycles. The van der Waals surface area contributed by atoms with Gasteiger partial charge in [-0.1, -0.05) is 17.7 Å². The summed E-state index contributed by atoms with van der Waals surface area (Å²) in [6.07, 6.45) is 1.85. The third-order valence-corrected chi connectivity index (χ3v) is 5.29. The summed E-state index contributed by atoms with van der Waals surface area (Å²) in [5.41, 5.74) is 0.145. The van der Waals surface area contributed by atoms with Gasteiger partial charge >= 0.3 is 5.69 Å². The first-order valence-corrected chi connectivity index (χ1v) is 9.30. The standard InChI is InChI=1S/C17H25ClN6O2/c1-5-22-8-10-23(11-9-22)16-19-14-13(24(16)7-6-12(2)18)15(25)21(4)17(26)20(14)3/h6H,5,7-11H2,1-4H3/p+1/b12-6+. The maximum Gasteiger partial charge on any atom is 0.332 e. The highest BCUT2D eigenvalue weighted by atomic mass is 35.5. The molecule has 0 amide bonds. The molecule has 2 aromatic heterocycles. The second-order valence-electron chi connectivity index (χ2n) is 6.78. The molecular formula is C17H26ClN6O2+. The van der Waals surface area contributed by atoms with E-state index in [1.807, 2.05) is 10.6 Å². The summed E-state index contributed by atoms with van der Waals surface area (Å²) in [4.78, 5) is 33.5. The third-order valence-electron chi connectivity index (χ3n) is 5.14.